The second kappa shape index (κ2) is 6.05. The van der Waals surface area contributed by atoms with Gasteiger partial charge in [-0.3, -0.25) is 0 Å². The maximum Gasteiger partial charge on any atom is 0.324 e. The van der Waals surface area contributed by atoms with E-state index in [0.717, 1.165) is 57.3 Å². The lowest BCUT2D eigenvalue weighted by atomic mass is 10.1. The smallest absolute Gasteiger partial charge is 0.323 e. The zero-order valence-electron chi connectivity index (χ0n) is 13.3. The predicted octanol–water partition coefficient (Wildman–Crippen LogP) is 1.78. The van der Waals surface area contributed by atoms with E-state index in [1.165, 1.54) is 0 Å². The van der Waals surface area contributed by atoms with Gasteiger partial charge in [0.05, 0.1) is 5.25 Å². The van der Waals surface area contributed by atoms with Crippen LogP contribution in [-0.2, 0) is 10.0 Å². The zero-order valence-corrected chi connectivity index (χ0v) is 14.1. The maximum absolute atomic E-state index is 12.6. The number of piperidine rings is 1. The highest BCUT2D eigenvalue weighted by Gasteiger charge is 2.35. The van der Waals surface area contributed by atoms with E-state index in [2.05, 4.69) is 14.9 Å². The van der Waals surface area contributed by atoms with Crippen LogP contribution in [0.15, 0.2) is 4.52 Å². The van der Waals surface area contributed by atoms with Crippen LogP contribution in [0.5, 0.6) is 0 Å². The van der Waals surface area contributed by atoms with Crippen molar-refractivity contribution in [3.8, 4) is 0 Å². The fourth-order valence-electron chi connectivity index (χ4n) is 3.60. The van der Waals surface area contributed by atoms with Gasteiger partial charge in [0.15, 0.2) is 5.82 Å². The summed E-state index contributed by atoms with van der Waals surface area (Å²) in [6.07, 6.45) is 7.95. The van der Waals surface area contributed by atoms with Gasteiger partial charge in [-0.15, -0.1) is 0 Å². The molecule has 1 aliphatic heterocycles. The summed E-state index contributed by atoms with van der Waals surface area (Å²) in [6, 6.07) is 0.605. The molecule has 2 saturated carbocycles. The fraction of sp³-hybridized carbons (Fsp3) is 0.867. The Hall–Kier alpha value is -1.15. The Morgan fingerprint density at radius 1 is 1.09 bits per heavy atom. The molecular formula is C15H24N4O3S. The van der Waals surface area contributed by atoms with Crippen molar-refractivity contribution in [1.29, 1.82) is 0 Å². The van der Waals surface area contributed by atoms with Crippen LogP contribution >= 0.6 is 0 Å². The number of nitrogens with zero attached hydrogens (tertiary/aromatic N) is 3. The van der Waals surface area contributed by atoms with Gasteiger partial charge in [0.25, 0.3) is 0 Å². The lowest BCUT2D eigenvalue weighted by Gasteiger charge is -2.31. The van der Waals surface area contributed by atoms with Gasteiger partial charge in [-0.25, -0.2) is 13.1 Å². The van der Waals surface area contributed by atoms with Crippen molar-refractivity contribution in [2.24, 2.45) is 0 Å². The van der Waals surface area contributed by atoms with Crippen LogP contribution in [0.1, 0.15) is 63.1 Å². The van der Waals surface area contributed by atoms with E-state index < -0.39 is 15.3 Å². The van der Waals surface area contributed by atoms with Crippen molar-refractivity contribution < 1.29 is 12.9 Å². The van der Waals surface area contributed by atoms with Crippen LogP contribution in [0.3, 0.4) is 0 Å². The third-order valence-corrected chi connectivity index (χ3v) is 7.07. The van der Waals surface area contributed by atoms with Gasteiger partial charge in [-0.05, 0) is 38.5 Å². The summed E-state index contributed by atoms with van der Waals surface area (Å²) in [5.74, 6) is 1.22. The second-order valence-electron chi connectivity index (χ2n) is 7.06. The molecule has 1 saturated heterocycles. The molecule has 1 aromatic rings. The molecule has 4 rings (SSSR count). The van der Waals surface area contributed by atoms with Gasteiger partial charge in [-0.2, -0.15) is 4.98 Å². The molecule has 23 heavy (non-hydrogen) atoms. The third-order valence-electron chi connectivity index (χ3n) is 5.15. The average Bonchev–Trinajstić information content (AvgIpc) is 3.07. The third kappa shape index (κ3) is 3.38. The second-order valence-corrected chi connectivity index (χ2v) is 9.06. The number of aromatic nitrogens is 2. The molecule has 0 bridgehead atoms. The van der Waals surface area contributed by atoms with E-state index in [0.29, 0.717) is 24.9 Å². The van der Waals surface area contributed by atoms with Crippen molar-refractivity contribution >= 4 is 16.0 Å². The monoisotopic (exact) mass is 340 g/mol. The summed E-state index contributed by atoms with van der Waals surface area (Å²) in [7, 11) is -3.29. The summed E-state index contributed by atoms with van der Waals surface area (Å²) >= 11 is 0. The molecule has 3 aliphatic rings. The quantitative estimate of drug-likeness (QED) is 0.879. The molecule has 0 aromatic carbocycles. The van der Waals surface area contributed by atoms with Crippen LogP contribution in [0.25, 0.3) is 0 Å². The van der Waals surface area contributed by atoms with Crippen LogP contribution in [0.4, 0.5) is 6.01 Å². The lowest BCUT2D eigenvalue weighted by molar-refractivity contribution is 0.395. The normalized spacial score (nSPS) is 26.8. The summed E-state index contributed by atoms with van der Waals surface area (Å²) in [6.45, 7) is 1.22. The molecule has 0 spiro atoms. The fourth-order valence-corrected chi connectivity index (χ4v) is 5.35. The van der Waals surface area contributed by atoms with E-state index in [1.54, 1.807) is 0 Å². The van der Waals surface area contributed by atoms with Crippen molar-refractivity contribution in [2.75, 3.05) is 18.0 Å². The molecule has 1 unspecified atom stereocenters. The number of sulfonamides is 1. The molecule has 3 fully saturated rings. The summed E-state index contributed by atoms with van der Waals surface area (Å²) in [4.78, 5) is 6.38. The highest BCUT2D eigenvalue weighted by molar-refractivity contribution is 7.90. The molecule has 7 nitrogen and oxygen atoms in total. The molecule has 0 radical (unpaired) electrons. The Labute approximate surface area is 136 Å². The molecule has 2 heterocycles. The maximum atomic E-state index is 12.6. The molecule has 2 aliphatic carbocycles. The first-order valence-electron chi connectivity index (χ1n) is 8.71. The van der Waals surface area contributed by atoms with Crippen molar-refractivity contribution in [2.45, 2.75) is 68.6 Å². The van der Waals surface area contributed by atoms with Crippen molar-refractivity contribution in [3.63, 3.8) is 0 Å². The molecule has 1 atom stereocenters. The minimum absolute atomic E-state index is 0.125. The van der Waals surface area contributed by atoms with Crippen LogP contribution in [0, 0.1) is 0 Å². The minimum atomic E-state index is -3.29. The Balaban J connectivity index is 1.42. The molecule has 1 aromatic heterocycles. The summed E-state index contributed by atoms with van der Waals surface area (Å²) < 4.78 is 33.5. The average molecular weight is 340 g/mol. The van der Waals surface area contributed by atoms with Crippen LogP contribution in [-0.4, -0.2) is 42.9 Å². The summed E-state index contributed by atoms with van der Waals surface area (Å²) in [5.41, 5.74) is 0. The SMILES string of the molecule is O=S(=O)(NC1CCCC1)C1CCCN(c2nc(C3CC3)no2)C1. The molecule has 8 heteroatoms. The van der Waals surface area contributed by atoms with Crippen LogP contribution in [0.2, 0.25) is 0 Å². The van der Waals surface area contributed by atoms with Gasteiger partial charge in [-0.1, -0.05) is 18.0 Å². The highest BCUT2D eigenvalue weighted by atomic mass is 32.2. The minimum Gasteiger partial charge on any atom is -0.323 e. The van der Waals surface area contributed by atoms with E-state index >= 15 is 0 Å². The molecule has 1 N–H and O–H groups in total. The van der Waals surface area contributed by atoms with Gasteiger partial charge in [0.1, 0.15) is 0 Å². The number of hydrogen-bond acceptors (Lipinski definition) is 6. The molecule has 128 valence electrons. The standard InChI is InChI=1S/C15H24N4O3S/c20-23(21,18-12-4-1-2-5-12)13-6-3-9-19(10-13)15-16-14(17-22-15)11-7-8-11/h11-13,18H,1-10H2. The molecular weight excluding hydrogens is 316 g/mol. The zero-order chi connectivity index (χ0) is 15.9. The van der Waals surface area contributed by atoms with Crippen molar-refractivity contribution in [3.05, 3.63) is 5.82 Å². The van der Waals surface area contributed by atoms with E-state index in [-0.39, 0.29) is 6.04 Å². The topological polar surface area (TPSA) is 88.3 Å². The first-order valence-corrected chi connectivity index (χ1v) is 10.3. The Morgan fingerprint density at radius 2 is 1.87 bits per heavy atom. The molecule has 0 amide bonds. The Morgan fingerprint density at radius 3 is 2.61 bits per heavy atom. The largest absolute Gasteiger partial charge is 0.324 e. The lowest BCUT2D eigenvalue weighted by Crippen LogP contribution is -2.48. The van der Waals surface area contributed by atoms with Gasteiger partial charge in [0, 0.05) is 25.0 Å². The van der Waals surface area contributed by atoms with Gasteiger partial charge >= 0.3 is 6.01 Å². The first-order chi connectivity index (χ1) is 11.1. The summed E-state index contributed by atoms with van der Waals surface area (Å²) in [5, 5.41) is 3.64. The van der Waals surface area contributed by atoms with E-state index in [4.69, 9.17) is 4.52 Å². The highest BCUT2D eigenvalue weighted by Crippen LogP contribution is 2.39. The van der Waals surface area contributed by atoms with Crippen molar-refractivity contribution in [1.82, 2.24) is 14.9 Å². The number of anilines is 1. The Kier molecular flexibility index (Phi) is 4.05. The first kappa shape index (κ1) is 15.4. The van der Waals surface area contributed by atoms with Gasteiger partial charge in [0.2, 0.25) is 10.0 Å². The Bertz CT molecular complexity index is 649. The number of nitrogens with one attached hydrogen (secondary N) is 1. The van der Waals surface area contributed by atoms with E-state index in [9.17, 15) is 8.42 Å². The van der Waals surface area contributed by atoms with Crippen LogP contribution < -0.4 is 9.62 Å². The van der Waals surface area contributed by atoms with E-state index in [1.807, 2.05) is 4.90 Å². The predicted molar refractivity (Wildman–Crippen MR) is 85.8 cm³/mol. The number of hydrogen-bond donors (Lipinski definition) is 1. The van der Waals surface area contributed by atoms with Gasteiger partial charge < -0.3 is 9.42 Å². The number of rotatable bonds is 5.